The molecule has 3 rings (SSSR count). The maximum Gasteiger partial charge on any atom is 0.176 e. The standard InChI is InChI=1S/C15H18N4/c1-11-5-4-7-13(9-11)17-19-15-14-8-3-2-6-12(14)10-16-18-15/h2-3,6,8,10-11H,4-5,7,9H2,1H3,(H,18,19)/b17-13-/t11-/m0/s1. The molecule has 0 saturated heterocycles. The second kappa shape index (κ2) is 5.34. The molecule has 0 bridgehead atoms. The number of aromatic nitrogens is 2. The quantitative estimate of drug-likeness (QED) is 0.833. The third-order valence-corrected chi connectivity index (χ3v) is 3.64. The first kappa shape index (κ1) is 12.1. The minimum atomic E-state index is 0.740. The van der Waals surface area contributed by atoms with Gasteiger partial charge in [0, 0.05) is 16.5 Å². The SMILES string of the molecule is C[C@H]1CCC/C(=N/Nc2nncc3ccccc23)C1. The highest BCUT2D eigenvalue weighted by Gasteiger charge is 2.14. The summed E-state index contributed by atoms with van der Waals surface area (Å²) in [6.07, 6.45) is 6.51. The highest BCUT2D eigenvalue weighted by atomic mass is 15.3. The molecule has 0 radical (unpaired) electrons. The zero-order valence-electron chi connectivity index (χ0n) is 11.1. The average molecular weight is 254 g/mol. The molecule has 1 saturated carbocycles. The van der Waals surface area contributed by atoms with Crippen molar-refractivity contribution in [3.63, 3.8) is 0 Å². The molecule has 0 spiro atoms. The topological polar surface area (TPSA) is 50.2 Å². The summed E-state index contributed by atoms with van der Waals surface area (Å²) >= 11 is 0. The molecule has 4 nitrogen and oxygen atoms in total. The second-order valence-electron chi connectivity index (χ2n) is 5.27. The van der Waals surface area contributed by atoms with Crippen LogP contribution in [0.3, 0.4) is 0 Å². The first-order valence-electron chi connectivity index (χ1n) is 6.85. The predicted octanol–water partition coefficient (Wildman–Crippen LogP) is 3.61. The van der Waals surface area contributed by atoms with E-state index in [2.05, 4.69) is 27.6 Å². The van der Waals surface area contributed by atoms with E-state index in [1.54, 1.807) is 6.20 Å². The van der Waals surface area contributed by atoms with Crippen LogP contribution in [0.1, 0.15) is 32.6 Å². The van der Waals surface area contributed by atoms with Crippen LogP contribution in [0, 0.1) is 5.92 Å². The van der Waals surface area contributed by atoms with E-state index in [0.29, 0.717) is 0 Å². The first-order chi connectivity index (χ1) is 9.33. The summed E-state index contributed by atoms with van der Waals surface area (Å²) in [6.45, 7) is 2.28. The Morgan fingerprint density at radius 3 is 3.11 bits per heavy atom. The molecule has 1 aromatic heterocycles. The summed E-state index contributed by atoms with van der Waals surface area (Å²) in [5, 5.41) is 14.8. The Kier molecular flexibility index (Phi) is 3.40. The average Bonchev–Trinajstić information content (AvgIpc) is 2.45. The van der Waals surface area contributed by atoms with Crippen LogP contribution in [0.2, 0.25) is 0 Å². The van der Waals surface area contributed by atoms with E-state index in [1.165, 1.54) is 18.6 Å². The Balaban J connectivity index is 1.83. The molecular formula is C15H18N4. The molecule has 2 aromatic rings. The lowest BCUT2D eigenvalue weighted by molar-refractivity contribution is 0.500. The van der Waals surface area contributed by atoms with Gasteiger partial charge in [-0.25, -0.2) is 0 Å². The van der Waals surface area contributed by atoms with Crippen molar-refractivity contribution in [2.45, 2.75) is 32.6 Å². The van der Waals surface area contributed by atoms with Crippen LogP contribution in [0.5, 0.6) is 0 Å². The maximum absolute atomic E-state index is 4.52. The lowest BCUT2D eigenvalue weighted by Crippen LogP contribution is -2.14. The molecule has 0 amide bonds. The lowest BCUT2D eigenvalue weighted by Gasteiger charge is -2.19. The van der Waals surface area contributed by atoms with Crippen LogP contribution in [0.4, 0.5) is 5.82 Å². The van der Waals surface area contributed by atoms with E-state index in [4.69, 9.17) is 0 Å². The molecule has 1 aliphatic rings. The number of fused-ring (bicyclic) bond motifs is 1. The molecule has 0 aliphatic heterocycles. The minimum absolute atomic E-state index is 0.740. The first-order valence-corrected chi connectivity index (χ1v) is 6.85. The summed E-state index contributed by atoms with van der Waals surface area (Å²) in [6, 6.07) is 8.08. The van der Waals surface area contributed by atoms with Crippen molar-refractivity contribution in [2.75, 3.05) is 5.43 Å². The monoisotopic (exact) mass is 254 g/mol. The highest BCUT2D eigenvalue weighted by Crippen LogP contribution is 2.23. The Bertz CT molecular complexity index is 601. The van der Waals surface area contributed by atoms with Crippen molar-refractivity contribution in [3.8, 4) is 0 Å². The van der Waals surface area contributed by atoms with E-state index in [0.717, 1.165) is 35.3 Å². The van der Waals surface area contributed by atoms with E-state index in [9.17, 15) is 0 Å². The highest BCUT2D eigenvalue weighted by molar-refractivity contribution is 5.92. The number of hydrogen-bond acceptors (Lipinski definition) is 4. The molecule has 1 atom stereocenters. The molecule has 1 fully saturated rings. The van der Waals surface area contributed by atoms with Crippen LogP contribution < -0.4 is 5.43 Å². The Hall–Kier alpha value is -1.97. The Morgan fingerprint density at radius 1 is 1.32 bits per heavy atom. The van der Waals surface area contributed by atoms with Gasteiger partial charge in [-0.2, -0.15) is 10.2 Å². The van der Waals surface area contributed by atoms with Gasteiger partial charge in [0.15, 0.2) is 5.82 Å². The number of hydrazone groups is 1. The van der Waals surface area contributed by atoms with Crippen molar-refractivity contribution >= 4 is 22.3 Å². The zero-order chi connectivity index (χ0) is 13.1. The fourth-order valence-corrected chi connectivity index (χ4v) is 2.60. The number of rotatable bonds is 2. The van der Waals surface area contributed by atoms with Crippen molar-refractivity contribution < 1.29 is 0 Å². The van der Waals surface area contributed by atoms with Gasteiger partial charge in [0.25, 0.3) is 0 Å². The van der Waals surface area contributed by atoms with Crippen LogP contribution in [0.25, 0.3) is 10.8 Å². The molecule has 0 unspecified atom stereocenters. The molecule has 98 valence electrons. The van der Waals surface area contributed by atoms with Gasteiger partial charge in [0.1, 0.15) is 0 Å². The van der Waals surface area contributed by atoms with Crippen LogP contribution in [-0.4, -0.2) is 15.9 Å². The van der Waals surface area contributed by atoms with Gasteiger partial charge in [-0.05, 0) is 31.6 Å². The molecule has 1 aliphatic carbocycles. The third-order valence-electron chi connectivity index (χ3n) is 3.64. The number of nitrogens with zero attached hydrogens (tertiary/aromatic N) is 3. The van der Waals surface area contributed by atoms with Crippen LogP contribution in [-0.2, 0) is 0 Å². The third kappa shape index (κ3) is 2.72. The molecule has 1 N–H and O–H groups in total. The van der Waals surface area contributed by atoms with Crippen molar-refractivity contribution in [3.05, 3.63) is 30.5 Å². The number of benzene rings is 1. The van der Waals surface area contributed by atoms with Crippen molar-refractivity contribution in [1.82, 2.24) is 10.2 Å². The van der Waals surface area contributed by atoms with Gasteiger partial charge in [0.05, 0.1) is 6.20 Å². The fourth-order valence-electron chi connectivity index (χ4n) is 2.60. The minimum Gasteiger partial charge on any atom is -0.259 e. The summed E-state index contributed by atoms with van der Waals surface area (Å²) in [4.78, 5) is 0. The normalized spacial score (nSPS) is 21.7. The van der Waals surface area contributed by atoms with Crippen molar-refractivity contribution in [1.29, 1.82) is 0 Å². The Labute approximate surface area is 112 Å². The van der Waals surface area contributed by atoms with Gasteiger partial charge in [0.2, 0.25) is 0 Å². The zero-order valence-corrected chi connectivity index (χ0v) is 11.1. The second-order valence-corrected chi connectivity index (χ2v) is 5.27. The van der Waals surface area contributed by atoms with Gasteiger partial charge < -0.3 is 0 Å². The molecule has 1 aromatic carbocycles. The largest absolute Gasteiger partial charge is 0.259 e. The van der Waals surface area contributed by atoms with E-state index < -0.39 is 0 Å². The van der Waals surface area contributed by atoms with E-state index in [1.807, 2.05) is 24.3 Å². The van der Waals surface area contributed by atoms with Gasteiger partial charge in [-0.15, -0.1) is 5.10 Å². The number of anilines is 1. The molecule has 4 heteroatoms. The van der Waals surface area contributed by atoms with E-state index >= 15 is 0 Å². The molecular weight excluding hydrogens is 236 g/mol. The summed E-state index contributed by atoms with van der Waals surface area (Å²) in [5.74, 6) is 1.48. The van der Waals surface area contributed by atoms with Crippen LogP contribution in [0.15, 0.2) is 35.6 Å². The number of nitrogens with one attached hydrogen (secondary N) is 1. The Morgan fingerprint density at radius 2 is 2.21 bits per heavy atom. The fraction of sp³-hybridized carbons (Fsp3) is 0.400. The summed E-state index contributed by atoms with van der Waals surface area (Å²) in [5.41, 5.74) is 4.34. The van der Waals surface area contributed by atoms with Crippen molar-refractivity contribution in [2.24, 2.45) is 11.0 Å². The van der Waals surface area contributed by atoms with Gasteiger partial charge >= 0.3 is 0 Å². The predicted molar refractivity (Wildman–Crippen MR) is 78.2 cm³/mol. The van der Waals surface area contributed by atoms with Gasteiger partial charge in [-0.1, -0.05) is 31.2 Å². The van der Waals surface area contributed by atoms with Gasteiger partial charge in [-0.3, -0.25) is 5.43 Å². The summed E-state index contributed by atoms with van der Waals surface area (Å²) in [7, 11) is 0. The lowest BCUT2D eigenvalue weighted by atomic mass is 9.89. The maximum atomic E-state index is 4.52. The smallest absolute Gasteiger partial charge is 0.176 e. The number of hydrogen-bond donors (Lipinski definition) is 1. The van der Waals surface area contributed by atoms with Crippen LogP contribution >= 0.6 is 0 Å². The molecule has 19 heavy (non-hydrogen) atoms. The summed E-state index contributed by atoms with van der Waals surface area (Å²) < 4.78 is 0. The molecule has 1 heterocycles. The van der Waals surface area contributed by atoms with E-state index in [-0.39, 0.29) is 0 Å².